The fraction of sp³-hybridized carbons (Fsp3) is 0.417. The number of hydrogen-bond acceptors (Lipinski definition) is 4. The Morgan fingerprint density at radius 3 is 2.50 bits per heavy atom. The van der Waals surface area contributed by atoms with Gasteiger partial charge in [0.25, 0.3) is 0 Å². The van der Waals surface area contributed by atoms with Gasteiger partial charge in [-0.15, -0.1) is 0 Å². The van der Waals surface area contributed by atoms with Gasteiger partial charge in [-0.1, -0.05) is 11.6 Å². The molecular weight excluding hydrogens is 309 g/mol. The highest BCUT2D eigenvalue weighted by molar-refractivity contribution is 7.91. The fourth-order valence-electron chi connectivity index (χ4n) is 1.63. The van der Waals surface area contributed by atoms with Crippen LogP contribution in [-0.2, 0) is 9.84 Å². The first-order chi connectivity index (χ1) is 9.15. The van der Waals surface area contributed by atoms with Crippen molar-refractivity contribution in [2.75, 3.05) is 26.4 Å². The van der Waals surface area contributed by atoms with E-state index >= 15 is 0 Å². The Hall–Kier alpha value is -1.18. The van der Waals surface area contributed by atoms with Crippen LogP contribution in [-0.4, -0.2) is 50.8 Å². The molecule has 112 valence electrons. The predicted molar refractivity (Wildman–Crippen MR) is 73.6 cm³/mol. The molecule has 0 atom stereocenters. The molecule has 0 aliphatic rings. The Balaban J connectivity index is 3.15. The largest absolute Gasteiger partial charge is 0.478 e. The third-order valence-electron chi connectivity index (χ3n) is 2.59. The van der Waals surface area contributed by atoms with Crippen LogP contribution in [0.15, 0.2) is 17.0 Å². The van der Waals surface area contributed by atoms with E-state index in [1.54, 1.807) is 19.0 Å². The fourth-order valence-corrected chi connectivity index (χ4v) is 3.33. The van der Waals surface area contributed by atoms with Gasteiger partial charge in [-0.2, -0.15) is 0 Å². The highest BCUT2D eigenvalue weighted by Crippen LogP contribution is 2.25. The first-order valence-corrected chi connectivity index (χ1v) is 7.78. The SMILES string of the molecule is CN(C)CCCS(=O)(=O)c1cc(Cl)cc(C(=O)O)c1F. The number of nitrogens with zero attached hydrogens (tertiary/aromatic N) is 1. The lowest BCUT2D eigenvalue weighted by Gasteiger charge is -2.11. The van der Waals surface area contributed by atoms with Crippen molar-refractivity contribution in [3.05, 3.63) is 28.5 Å². The molecule has 0 aliphatic carbocycles. The normalized spacial score (nSPS) is 11.8. The van der Waals surface area contributed by atoms with E-state index in [-0.39, 0.29) is 10.8 Å². The number of carbonyl (C=O) groups is 1. The maximum atomic E-state index is 14.0. The van der Waals surface area contributed by atoms with E-state index in [0.29, 0.717) is 13.0 Å². The van der Waals surface area contributed by atoms with Crippen LogP contribution >= 0.6 is 11.6 Å². The number of carboxylic acid groups (broad SMARTS) is 1. The van der Waals surface area contributed by atoms with Crippen LogP contribution in [0.5, 0.6) is 0 Å². The smallest absolute Gasteiger partial charge is 0.338 e. The number of halogens is 2. The molecule has 0 aromatic heterocycles. The highest BCUT2D eigenvalue weighted by Gasteiger charge is 2.24. The van der Waals surface area contributed by atoms with Gasteiger partial charge < -0.3 is 10.0 Å². The maximum Gasteiger partial charge on any atom is 0.338 e. The lowest BCUT2D eigenvalue weighted by atomic mass is 10.2. The second kappa shape index (κ2) is 6.51. The van der Waals surface area contributed by atoms with Gasteiger partial charge in [0.15, 0.2) is 15.7 Å². The standard InChI is InChI=1S/C12H15ClFNO4S/c1-15(2)4-3-5-20(18,19)10-7-8(13)6-9(11(10)14)12(16)17/h6-7H,3-5H2,1-2H3,(H,16,17). The Kier molecular flexibility index (Phi) is 5.50. The minimum absolute atomic E-state index is 0.130. The van der Waals surface area contributed by atoms with E-state index in [9.17, 15) is 17.6 Å². The van der Waals surface area contributed by atoms with Crippen LogP contribution in [0, 0.1) is 5.82 Å². The average molecular weight is 324 g/mol. The van der Waals surface area contributed by atoms with Gasteiger partial charge >= 0.3 is 5.97 Å². The van der Waals surface area contributed by atoms with Crippen LogP contribution in [0.25, 0.3) is 0 Å². The van der Waals surface area contributed by atoms with Crippen molar-refractivity contribution in [2.45, 2.75) is 11.3 Å². The van der Waals surface area contributed by atoms with Gasteiger partial charge in [-0.3, -0.25) is 0 Å². The summed E-state index contributed by atoms with van der Waals surface area (Å²) in [5, 5.41) is 8.70. The van der Waals surface area contributed by atoms with E-state index in [2.05, 4.69) is 0 Å². The van der Waals surface area contributed by atoms with Gasteiger partial charge in [-0.05, 0) is 39.2 Å². The molecule has 1 N–H and O–H groups in total. The summed E-state index contributed by atoms with van der Waals surface area (Å²) < 4.78 is 38.1. The minimum atomic E-state index is -3.91. The molecule has 0 aliphatic heterocycles. The maximum absolute atomic E-state index is 14.0. The number of carboxylic acids is 1. The summed E-state index contributed by atoms with van der Waals surface area (Å²) >= 11 is 5.65. The summed E-state index contributed by atoms with van der Waals surface area (Å²) in [4.78, 5) is 12.0. The van der Waals surface area contributed by atoms with Crippen molar-refractivity contribution >= 4 is 27.4 Å². The zero-order valence-electron chi connectivity index (χ0n) is 11.1. The van der Waals surface area contributed by atoms with E-state index in [1.807, 2.05) is 0 Å². The summed E-state index contributed by atoms with van der Waals surface area (Å²) in [7, 11) is -0.341. The Morgan fingerprint density at radius 2 is 2.00 bits per heavy atom. The molecule has 0 unspecified atom stereocenters. The zero-order valence-corrected chi connectivity index (χ0v) is 12.6. The summed E-state index contributed by atoms with van der Waals surface area (Å²) in [5.41, 5.74) is -0.747. The number of sulfone groups is 1. The predicted octanol–water partition coefficient (Wildman–Crippen LogP) is 1.90. The lowest BCUT2D eigenvalue weighted by Crippen LogP contribution is -2.18. The third-order valence-corrected chi connectivity index (χ3v) is 4.60. The molecule has 0 amide bonds. The third kappa shape index (κ3) is 4.16. The summed E-state index contributed by atoms with van der Waals surface area (Å²) in [5.74, 6) is -3.11. The number of hydrogen-bond donors (Lipinski definition) is 1. The molecule has 0 radical (unpaired) electrons. The molecule has 1 aromatic rings. The van der Waals surface area contributed by atoms with E-state index in [1.165, 1.54) is 0 Å². The van der Waals surface area contributed by atoms with Crippen LogP contribution in [0.3, 0.4) is 0 Å². The van der Waals surface area contributed by atoms with E-state index < -0.39 is 32.1 Å². The molecule has 0 fully saturated rings. The van der Waals surface area contributed by atoms with Crippen LogP contribution in [0.2, 0.25) is 5.02 Å². The van der Waals surface area contributed by atoms with Crippen molar-refractivity contribution < 1.29 is 22.7 Å². The number of benzene rings is 1. The summed E-state index contributed by atoms with van der Waals surface area (Å²) in [6.45, 7) is 0.521. The Morgan fingerprint density at radius 1 is 1.40 bits per heavy atom. The van der Waals surface area contributed by atoms with Crippen molar-refractivity contribution in [1.82, 2.24) is 4.90 Å². The molecular formula is C12H15ClFNO4S. The second-order valence-electron chi connectivity index (χ2n) is 4.55. The molecule has 0 saturated heterocycles. The molecule has 1 aromatic carbocycles. The van der Waals surface area contributed by atoms with Gasteiger partial charge in [0.1, 0.15) is 4.90 Å². The van der Waals surface area contributed by atoms with Crippen molar-refractivity contribution in [3.63, 3.8) is 0 Å². The van der Waals surface area contributed by atoms with Gasteiger partial charge in [0, 0.05) is 5.02 Å². The Labute approximate surface area is 121 Å². The van der Waals surface area contributed by atoms with Crippen molar-refractivity contribution in [3.8, 4) is 0 Å². The Bertz CT molecular complexity index is 616. The van der Waals surface area contributed by atoms with Gasteiger partial charge in [0.2, 0.25) is 0 Å². The highest BCUT2D eigenvalue weighted by atomic mass is 35.5. The molecule has 8 heteroatoms. The average Bonchev–Trinajstić information content (AvgIpc) is 2.30. The quantitative estimate of drug-likeness (QED) is 0.865. The molecule has 0 saturated carbocycles. The molecule has 0 spiro atoms. The lowest BCUT2D eigenvalue weighted by molar-refractivity contribution is 0.0691. The van der Waals surface area contributed by atoms with Crippen molar-refractivity contribution in [2.24, 2.45) is 0 Å². The molecule has 5 nitrogen and oxygen atoms in total. The van der Waals surface area contributed by atoms with Crippen LogP contribution < -0.4 is 0 Å². The topological polar surface area (TPSA) is 74.7 Å². The molecule has 1 rings (SSSR count). The first-order valence-electron chi connectivity index (χ1n) is 5.75. The summed E-state index contributed by atoms with van der Waals surface area (Å²) in [6.07, 6.45) is 0.309. The molecule has 20 heavy (non-hydrogen) atoms. The summed E-state index contributed by atoms with van der Waals surface area (Å²) in [6, 6.07) is 1.83. The number of aromatic carboxylic acids is 1. The number of rotatable bonds is 6. The van der Waals surface area contributed by atoms with E-state index in [4.69, 9.17) is 16.7 Å². The first kappa shape index (κ1) is 16.9. The molecule has 0 heterocycles. The molecule has 0 bridgehead atoms. The van der Waals surface area contributed by atoms with Gasteiger partial charge in [0.05, 0.1) is 11.3 Å². The zero-order chi connectivity index (χ0) is 15.5. The van der Waals surface area contributed by atoms with Crippen LogP contribution in [0.1, 0.15) is 16.8 Å². The minimum Gasteiger partial charge on any atom is -0.478 e. The van der Waals surface area contributed by atoms with Gasteiger partial charge in [-0.25, -0.2) is 17.6 Å². The monoisotopic (exact) mass is 323 g/mol. The van der Waals surface area contributed by atoms with Crippen molar-refractivity contribution in [1.29, 1.82) is 0 Å². The van der Waals surface area contributed by atoms with Crippen LogP contribution in [0.4, 0.5) is 4.39 Å². The van der Waals surface area contributed by atoms with E-state index in [0.717, 1.165) is 12.1 Å². The second-order valence-corrected chi connectivity index (χ2v) is 7.06.